The molecule has 18 heavy (non-hydrogen) atoms. The van der Waals surface area contributed by atoms with Gasteiger partial charge in [0.1, 0.15) is 0 Å². The van der Waals surface area contributed by atoms with E-state index in [0.717, 1.165) is 30.0 Å². The maximum absolute atomic E-state index is 4.39. The van der Waals surface area contributed by atoms with Gasteiger partial charge in [0.15, 0.2) is 0 Å². The first kappa shape index (κ1) is 12.7. The molecule has 0 radical (unpaired) electrons. The topological polar surface area (TPSA) is 55.6 Å². The molecule has 0 aromatic carbocycles. The van der Waals surface area contributed by atoms with Gasteiger partial charge >= 0.3 is 0 Å². The highest BCUT2D eigenvalue weighted by Crippen LogP contribution is 2.19. The summed E-state index contributed by atoms with van der Waals surface area (Å²) >= 11 is 0. The molecule has 0 amide bonds. The molecule has 0 saturated heterocycles. The van der Waals surface area contributed by atoms with Crippen LogP contribution in [0.1, 0.15) is 36.5 Å². The Hall–Kier alpha value is -1.75. The summed E-state index contributed by atoms with van der Waals surface area (Å²) in [6, 6.07) is 2.13. The Morgan fingerprint density at radius 1 is 1.39 bits per heavy atom. The van der Waals surface area contributed by atoms with E-state index >= 15 is 0 Å². The van der Waals surface area contributed by atoms with Crippen LogP contribution in [-0.2, 0) is 7.05 Å². The molecule has 0 spiro atoms. The molecule has 2 heterocycles. The predicted molar refractivity (Wildman–Crippen MR) is 70.1 cm³/mol. The van der Waals surface area contributed by atoms with E-state index in [4.69, 9.17) is 0 Å². The van der Waals surface area contributed by atoms with E-state index in [1.54, 1.807) is 18.6 Å². The van der Waals surface area contributed by atoms with Crippen molar-refractivity contribution in [2.24, 2.45) is 7.05 Å². The number of rotatable bonds is 5. The largest absolute Gasteiger partial charge is 0.304 e. The quantitative estimate of drug-likeness (QED) is 0.869. The van der Waals surface area contributed by atoms with E-state index in [2.05, 4.69) is 33.4 Å². The maximum Gasteiger partial charge on any atom is 0.0937 e. The fraction of sp³-hybridized carbons (Fsp3) is 0.462. The zero-order valence-electron chi connectivity index (χ0n) is 11.1. The molecule has 0 aliphatic heterocycles. The van der Waals surface area contributed by atoms with Gasteiger partial charge in [0, 0.05) is 19.4 Å². The lowest BCUT2D eigenvalue weighted by molar-refractivity contribution is 0.542. The molecule has 96 valence electrons. The molecule has 1 unspecified atom stereocenters. The van der Waals surface area contributed by atoms with Crippen molar-refractivity contribution in [3.8, 4) is 0 Å². The molecule has 0 fully saturated rings. The van der Waals surface area contributed by atoms with Crippen molar-refractivity contribution >= 4 is 0 Å². The molecule has 5 nitrogen and oxygen atoms in total. The summed E-state index contributed by atoms with van der Waals surface area (Å²) in [6.45, 7) is 5.08. The Morgan fingerprint density at radius 3 is 2.78 bits per heavy atom. The molecular formula is C13H19N5. The van der Waals surface area contributed by atoms with Gasteiger partial charge in [-0.2, -0.15) is 5.10 Å². The van der Waals surface area contributed by atoms with Crippen LogP contribution in [-0.4, -0.2) is 26.3 Å². The lowest BCUT2D eigenvalue weighted by atomic mass is 10.1. The van der Waals surface area contributed by atoms with Gasteiger partial charge in [-0.05, 0) is 26.0 Å². The van der Waals surface area contributed by atoms with Gasteiger partial charge in [-0.3, -0.25) is 14.6 Å². The van der Waals surface area contributed by atoms with Crippen molar-refractivity contribution in [1.82, 2.24) is 25.1 Å². The second kappa shape index (κ2) is 5.73. The number of aryl methyl sites for hydroxylation is 2. The Morgan fingerprint density at radius 2 is 2.22 bits per heavy atom. The van der Waals surface area contributed by atoms with Crippen molar-refractivity contribution in [3.63, 3.8) is 0 Å². The van der Waals surface area contributed by atoms with E-state index in [0.29, 0.717) is 0 Å². The average molecular weight is 245 g/mol. The third-order valence-electron chi connectivity index (χ3n) is 2.81. The SMILES string of the molecule is CCCNC(c1cnccn1)c1cc(C)nn1C. The van der Waals surface area contributed by atoms with Crippen LogP contribution in [0.4, 0.5) is 0 Å². The number of aromatic nitrogens is 4. The van der Waals surface area contributed by atoms with Gasteiger partial charge in [0.25, 0.3) is 0 Å². The van der Waals surface area contributed by atoms with Crippen molar-refractivity contribution < 1.29 is 0 Å². The van der Waals surface area contributed by atoms with E-state index in [-0.39, 0.29) is 6.04 Å². The van der Waals surface area contributed by atoms with Crippen LogP contribution in [0.25, 0.3) is 0 Å². The molecule has 0 bridgehead atoms. The second-order valence-corrected chi connectivity index (χ2v) is 4.35. The highest BCUT2D eigenvalue weighted by atomic mass is 15.3. The third-order valence-corrected chi connectivity index (χ3v) is 2.81. The number of nitrogens with zero attached hydrogens (tertiary/aromatic N) is 4. The first-order valence-electron chi connectivity index (χ1n) is 6.22. The summed E-state index contributed by atoms with van der Waals surface area (Å²) in [6.07, 6.45) is 6.29. The first-order chi connectivity index (χ1) is 8.72. The Kier molecular flexibility index (Phi) is 4.04. The fourth-order valence-corrected chi connectivity index (χ4v) is 2.01. The molecule has 2 aromatic rings. The summed E-state index contributed by atoms with van der Waals surface area (Å²) in [5.41, 5.74) is 3.05. The van der Waals surface area contributed by atoms with Gasteiger partial charge < -0.3 is 5.32 Å². The fourth-order valence-electron chi connectivity index (χ4n) is 2.01. The number of nitrogens with one attached hydrogen (secondary N) is 1. The average Bonchev–Trinajstić information content (AvgIpc) is 2.70. The minimum absolute atomic E-state index is 0.0462. The van der Waals surface area contributed by atoms with Gasteiger partial charge in [-0.15, -0.1) is 0 Å². The standard InChI is InChI=1S/C13H19N5/c1-4-5-16-13(11-9-14-6-7-15-11)12-8-10(2)17-18(12)3/h6-9,13,16H,4-5H2,1-3H3. The Bertz CT molecular complexity index is 491. The molecule has 2 rings (SSSR count). The molecule has 0 saturated carbocycles. The van der Waals surface area contributed by atoms with E-state index < -0.39 is 0 Å². The summed E-state index contributed by atoms with van der Waals surface area (Å²) in [7, 11) is 1.96. The number of hydrogen-bond donors (Lipinski definition) is 1. The van der Waals surface area contributed by atoms with Crippen LogP contribution in [0.2, 0.25) is 0 Å². The zero-order chi connectivity index (χ0) is 13.0. The molecule has 1 atom stereocenters. The second-order valence-electron chi connectivity index (χ2n) is 4.35. The molecule has 0 aliphatic rings. The van der Waals surface area contributed by atoms with Crippen LogP contribution < -0.4 is 5.32 Å². The zero-order valence-corrected chi connectivity index (χ0v) is 11.1. The monoisotopic (exact) mass is 245 g/mol. The number of hydrogen-bond acceptors (Lipinski definition) is 4. The van der Waals surface area contributed by atoms with Crippen LogP contribution >= 0.6 is 0 Å². The first-order valence-corrected chi connectivity index (χ1v) is 6.22. The van der Waals surface area contributed by atoms with Crippen LogP contribution in [0, 0.1) is 6.92 Å². The summed E-state index contributed by atoms with van der Waals surface area (Å²) in [5, 5.41) is 7.89. The summed E-state index contributed by atoms with van der Waals surface area (Å²) < 4.78 is 1.90. The van der Waals surface area contributed by atoms with Gasteiger partial charge in [0.2, 0.25) is 0 Å². The molecule has 5 heteroatoms. The van der Waals surface area contributed by atoms with Crippen LogP contribution in [0.3, 0.4) is 0 Å². The maximum atomic E-state index is 4.39. The molecule has 2 aromatic heterocycles. The highest BCUT2D eigenvalue weighted by Gasteiger charge is 2.18. The highest BCUT2D eigenvalue weighted by molar-refractivity contribution is 5.22. The van der Waals surface area contributed by atoms with Crippen molar-refractivity contribution in [2.75, 3.05) is 6.54 Å². The molecule has 0 aliphatic carbocycles. The minimum Gasteiger partial charge on any atom is -0.304 e. The van der Waals surface area contributed by atoms with E-state index in [1.807, 2.05) is 18.7 Å². The van der Waals surface area contributed by atoms with Crippen molar-refractivity contribution in [1.29, 1.82) is 0 Å². The molecular weight excluding hydrogens is 226 g/mol. The third kappa shape index (κ3) is 2.73. The van der Waals surface area contributed by atoms with E-state index in [1.165, 1.54) is 0 Å². The van der Waals surface area contributed by atoms with E-state index in [9.17, 15) is 0 Å². The van der Waals surface area contributed by atoms with Crippen LogP contribution in [0.5, 0.6) is 0 Å². The predicted octanol–water partition coefficient (Wildman–Crippen LogP) is 1.61. The normalized spacial score (nSPS) is 12.6. The van der Waals surface area contributed by atoms with Crippen LogP contribution in [0.15, 0.2) is 24.7 Å². The van der Waals surface area contributed by atoms with Crippen molar-refractivity contribution in [3.05, 3.63) is 41.7 Å². The van der Waals surface area contributed by atoms with Gasteiger partial charge in [-0.25, -0.2) is 0 Å². The minimum atomic E-state index is 0.0462. The smallest absolute Gasteiger partial charge is 0.0937 e. The summed E-state index contributed by atoms with van der Waals surface area (Å²) in [5.74, 6) is 0. The van der Waals surface area contributed by atoms with Gasteiger partial charge in [0.05, 0.1) is 29.3 Å². The van der Waals surface area contributed by atoms with Gasteiger partial charge in [-0.1, -0.05) is 6.92 Å². The summed E-state index contributed by atoms with van der Waals surface area (Å²) in [4.78, 5) is 8.54. The molecule has 1 N–H and O–H groups in total. The van der Waals surface area contributed by atoms with Crippen molar-refractivity contribution in [2.45, 2.75) is 26.3 Å². The Labute approximate surface area is 107 Å². The lowest BCUT2D eigenvalue weighted by Crippen LogP contribution is -2.26. The lowest BCUT2D eigenvalue weighted by Gasteiger charge is -2.17. The Balaban J connectivity index is 2.34.